The molecule has 3 N–H and O–H groups in total. The van der Waals surface area contributed by atoms with Gasteiger partial charge in [0.1, 0.15) is 6.23 Å². The summed E-state index contributed by atoms with van der Waals surface area (Å²) in [5, 5.41) is 21.4. The van der Waals surface area contributed by atoms with Crippen LogP contribution in [0.4, 0.5) is 5.69 Å². The molecule has 0 fully saturated rings. The second-order valence-corrected chi connectivity index (χ2v) is 3.88. The van der Waals surface area contributed by atoms with Crippen LogP contribution in [0, 0.1) is 6.92 Å². The number of carboxylic acids is 1. The van der Waals surface area contributed by atoms with Crippen LogP contribution in [0.15, 0.2) is 18.2 Å². The van der Waals surface area contributed by atoms with Gasteiger partial charge >= 0.3 is 5.97 Å². The van der Waals surface area contributed by atoms with Gasteiger partial charge in [-0.25, -0.2) is 0 Å². The summed E-state index contributed by atoms with van der Waals surface area (Å²) in [5.41, 5.74) is 2.50. The van der Waals surface area contributed by atoms with Gasteiger partial charge in [-0.1, -0.05) is 17.7 Å². The minimum Gasteiger partial charge on any atom is -0.481 e. The van der Waals surface area contributed by atoms with E-state index in [-0.39, 0.29) is 6.42 Å². The van der Waals surface area contributed by atoms with Crippen LogP contribution in [0.1, 0.15) is 23.5 Å². The van der Waals surface area contributed by atoms with Gasteiger partial charge in [-0.2, -0.15) is 0 Å². The summed E-state index contributed by atoms with van der Waals surface area (Å²) >= 11 is 0. The first-order valence-electron chi connectivity index (χ1n) is 4.86. The highest BCUT2D eigenvalue weighted by Gasteiger charge is 2.30. The van der Waals surface area contributed by atoms with Crippen LogP contribution in [0.3, 0.4) is 0 Å². The fourth-order valence-electron chi connectivity index (χ4n) is 1.92. The molecule has 0 amide bonds. The van der Waals surface area contributed by atoms with E-state index < -0.39 is 18.1 Å². The number of rotatable bonds is 1. The number of fused-ring (bicyclic) bond motifs is 1. The molecule has 2 atom stereocenters. The van der Waals surface area contributed by atoms with Gasteiger partial charge in [-0.15, -0.1) is 0 Å². The first-order valence-corrected chi connectivity index (χ1v) is 4.86. The molecule has 1 aromatic rings. The smallest absolute Gasteiger partial charge is 0.311 e. The molecule has 0 saturated heterocycles. The Bertz CT molecular complexity index is 403. The molecule has 1 aliphatic rings. The number of benzene rings is 1. The van der Waals surface area contributed by atoms with E-state index in [0.29, 0.717) is 5.69 Å². The maximum Gasteiger partial charge on any atom is 0.311 e. The van der Waals surface area contributed by atoms with Crippen molar-refractivity contribution in [3.63, 3.8) is 0 Å². The number of aliphatic hydroxyl groups excluding tert-OH is 1. The van der Waals surface area contributed by atoms with Gasteiger partial charge in [0.25, 0.3) is 0 Å². The van der Waals surface area contributed by atoms with Crippen molar-refractivity contribution < 1.29 is 15.0 Å². The summed E-state index contributed by atoms with van der Waals surface area (Å²) in [6.45, 7) is 1.92. The average Bonchev–Trinajstić information content (AvgIpc) is 2.17. The molecule has 0 spiro atoms. The van der Waals surface area contributed by atoms with E-state index in [2.05, 4.69) is 5.32 Å². The Kier molecular flexibility index (Phi) is 2.36. The molecule has 80 valence electrons. The van der Waals surface area contributed by atoms with Gasteiger partial charge in [0.2, 0.25) is 0 Å². The molecule has 0 bridgehead atoms. The molecular formula is C11H13NO3. The zero-order valence-corrected chi connectivity index (χ0v) is 8.40. The summed E-state index contributed by atoms with van der Waals surface area (Å²) in [5.74, 6) is -1.50. The lowest BCUT2D eigenvalue weighted by Gasteiger charge is -2.28. The number of anilines is 1. The van der Waals surface area contributed by atoms with E-state index in [0.717, 1.165) is 11.1 Å². The third kappa shape index (κ3) is 1.80. The molecule has 4 nitrogen and oxygen atoms in total. The van der Waals surface area contributed by atoms with E-state index in [1.54, 1.807) is 0 Å². The number of aliphatic hydroxyl groups is 1. The lowest BCUT2D eigenvalue weighted by molar-refractivity contribution is -0.139. The number of hydrogen-bond acceptors (Lipinski definition) is 3. The van der Waals surface area contributed by atoms with Gasteiger partial charge < -0.3 is 15.5 Å². The zero-order valence-electron chi connectivity index (χ0n) is 8.40. The second-order valence-electron chi connectivity index (χ2n) is 3.88. The maximum atomic E-state index is 11.0. The lowest BCUT2D eigenvalue weighted by Crippen LogP contribution is -2.31. The minimum absolute atomic E-state index is 0.214. The molecule has 1 heterocycles. The summed E-state index contributed by atoms with van der Waals surface area (Å²) in [6.07, 6.45) is -0.562. The highest BCUT2D eigenvalue weighted by molar-refractivity contribution is 5.80. The highest BCUT2D eigenvalue weighted by Crippen LogP contribution is 2.34. The van der Waals surface area contributed by atoms with Crippen molar-refractivity contribution in [3.05, 3.63) is 29.3 Å². The molecule has 0 saturated carbocycles. The van der Waals surface area contributed by atoms with Gasteiger partial charge in [-0.3, -0.25) is 4.79 Å². The maximum absolute atomic E-state index is 11.0. The molecule has 4 heteroatoms. The summed E-state index contributed by atoms with van der Waals surface area (Å²) in [6, 6.07) is 5.55. The van der Waals surface area contributed by atoms with E-state index in [1.165, 1.54) is 0 Å². The average molecular weight is 207 g/mol. The number of nitrogens with one attached hydrogen (secondary N) is 1. The number of aliphatic carboxylic acids is 1. The summed E-state index contributed by atoms with van der Waals surface area (Å²) in [4.78, 5) is 11.0. The van der Waals surface area contributed by atoms with Crippen LogP contribution in [0.2, 0.25) is 0 Å². The number of carboxylic acid groups (broad SMARTS) is 1. The van der Waals surface area contributed by atoms with Crippen LogP contribution in [-0.2, 0) is 4.79 Å². The Hall–Kier alpha value is -1.55. The highest BCUT2D eigenvalue weighted by atomic mass is 16.4. The second kappa shape index (κ2) is 3.55. The van der Waals surface area contributed by atoms with Crippen molar-refractivity contribution in [3.8, 4) is 0 Å². The monoisotopic (exact) mass is 207 g/mol. The minimum atomic E-state index is -0.887. The molecular weight excluding hydrogens is 194 g/mol. The van der Waals surface area contributed by atoms with Crippen molar-refractivity contribution in [2.24, 2.45) is 0 Å². The van der Waals surface area contributed by atoms with Crippen LogP contribution in [0.25, 0.3) is 0 Å². The molecule has 1 aromatic carbocycles. The normalized spacial score (nSPS) is 24.1. The number of aryl methyl sites for hydroxylation is 1. The first kappa shape index (κ1) is 9.98. The molecule has 0 radical (unpaired) electrons. The van der Waals surface area contributed by atoms with E-state index in [4.69, 9.17) is 5.11 Å². The van der Waals surface area contributed by atoms with E-state index in [9.17, 15) is 9.90 Å². The third-order valence-electron chi connectivity index (χ3n) is 2.66. The Balaban J connectivity index is 2.47. The Labute approximate surface area is 87.6 Å². The topological polar surface area (TPSA) is 69.6 Å². The molecule has 0 unspecified atom stereocenters. The molecule has 2 rings (SSSR count). The number of carbonyl (C=O) groups is 1. The summed E-state index contributed by atoms with van der Waals surface area (Å²) in [7, 11) is 0. The SMILES string of the molecule is Cc1ccc2c(c1)[C@H](C(=O)O)C[C@H](O)N2. The fourth-order valence-corrected chi connectivity index (χ4v) is 1.92. The lowest BCUT2D eigenvalue weighted by atomic mass is 9.89. The Morgan fingerprint density at radius 1 is 1.53 bits per heavy atom. The zero-order chi connectivity index (χ0) is 11.0. The van der Waals surface area contributed by atoms with E-state index >= 15 is 0 Å². The predicted octanol–water partition coefficient (Wildman–Crippen LogP) is 1.30. The van der Waals surface area contributed by atoms with Crippen LogP contribution < -0.4 is 5.32 Å². The van der Waals surface area contributed by atoms with Crippen LogP contribution >= 0.6 is 0 Å². The standard InChI is InChI=1S/C11H13NO3/c1-6-2-3-9-7(4-6)8(11(14)15)5-10(13)12-9/h2-4,8,10,12-13H,5H2,1H3,(H,14,15)/t8-,10+/m1/s1. The quantitative estimate of drug-likeness (QED) is 0.649. The Morgan fingerprint density at radius 2 is 2.27 bits per heavy atom. The van der Waals surface area contributed by atoms with Crippen molar-refractivity contribution in [1.82, 2.24) is 0 Å². The third-order valence-corrected chi connectivity index (χ3v) is 2.66. The van der Waals surface area contributed by atoms with E-state index in [1.807, 2.05) is 25.1 Å². The predicted molar refractivity (Wildman–Crippen MR) is 55.8 cm³/mol. The van der Waals surface area contributed by atoms with Crippen LogP contribution in [-0.4, -0.2) is 22.4 Å². The van der Waals surface area contributed by atoms with Crippen molar-refractivity contribution in [2.45, 2.75) is 25.5 Å². The Morgan fingerprint density at radius 3 is 2.93 bits per heavy atom. The van der Waals surface area contributed by atoms with Crippen molar-refractivity contribution in [1.29, 1.82) is 0 Å². The number of hydrogen-bond donors (Lipinski definition) is 3. The van der Waals surface area contributed by atoms with Gasteiger partial charge in [0.15, 0.2) is 0 Å². The largest absolute Gasteiger partial charge is 0.481 e. The fraction of sp³-hybridized carbons (Fsp3) is 0.364. The molecule has 0 aromatic heterocycles. The molecule has 0 aliphatic carbocycles. The van der Waals surface area contributed by atoms with Crippen LogP contribution in [0.5, 0.6) is 0 Å². The van der Waals surface area contributed by atoms with Gasteiger partial charge in [0, 0.05) is 12.1 Å². The van der Waals surface area contributed by atoms with Crippen molar-refractivity contribution in [2.75, 3.05) is 5.32 Å². The summed E-state index contributed by atoms with van der Waals surface area (Å²) < 4.78 is 0. The molecule has 1 aliphatic heterocycles. The van der Waals surface area contributed by atoms with Gasteiger partial charge in [0.05, 0.1) is 5.92 Å². The van der Waals surface area contributed by atoms with Gasteiger partial charge in [-0.05, 0) is 18.6 Å². The van der Waals surface area contributed by atoms with Crippen molar-refractivity contribution >= 4 is 11.7 Å². The first-order chi connectivity index (χ1) is 7.08. The molecule has 15 heavy (non-hydrogen) atoms.